The number of carboxylic acid groups (broad SMARTS) is 1. The van der Waals surface area contributed by atoms with Gasteiger partial charge in [-0.2, -0.15) is 0 Å². The summed E-state index contributed by atoms with van der Waals surface area (Å²) in [5.74, 6) is -1.48. The lowest BCUT2D eigenvalue weighted by atomic mass is 10.0. The Labute approximate surface area is 92.7 Å². The highest BCUT2D eigenvalue weighted by Gasteiger charge is 2.15. The smallest absolute Gasteiger partial charge is 0.322 e. The summed E-state index contributed by atoms with van der Waals surface area (Å²) in [5, 5.41) is 10.7. The molecule has 0 aromatic carbocycles. The molecule has 6 heteroatoms. The van der Waals surface area contributed by atoms with E-state index in [1.165, 1.54) is 12.5 Å². The number of hydrogen-bond donors (Lipinski definition) is 2. The number of carboxylic acids is 1. The molecule has 0 aliphatic carbocycles. The van der Waals surface area contributed by atoms with E-state index in [2.05, 4.69) is 15.3 Å². The van der Waals surface area contributed by atoms with Crippen LogP contribution in [0.1, 0.15) is 35.8 Å². The monoisotopic (exact) mass is 223 g/mol. The predicted octanol–water partition coefficient (Wildman–Crippen LogP) is 0.414. The molecule has 0 spiro atoms. The third-order valence-electron chi connectivity index (χ3n) is 1.93. The molecule has 0 unspecified atom stereocenters. The zero-order valence-electron chi connectivity index (χ0n) is 9.10. The van der Waals surface area contributed by atoms with Crippen LogP contribution in [0.2, 0.25) is 0 Å². The van der Waals surface area contributed by atoms with Crippen molar-refractivity contribution in [3.8, 4) is 0 Å². The lowest BCUT2D eigenvalue weighted by Gasteiger charge is -2.09. The summed E-state index contributed by atoms with van der Waals surface area (Å²) in [4.78, 5) is 29.7. The molecule has 2 N–H and O–H groups in total. The molecule has 1 aromatic heterocycles. The molecule has 0 bridgehead atoms. The Morgan fingerprint density at radius 3 is 2.75 bits per heavy atom. The molecule has 6 nitrogen and oxygen atoms in total. The highest BCUT2D eigenvalue weighted by Crippen LogP contribution is 2.14. The number of nitrogens with zero attached hydrogens (tertiary/aromatic N) is 2. The van der Waals surface area contributed by atoms with Crippen molar-refractivity contribution >= 4 is 11.9 Å². The number of nitrogens with one attached hydrogen (secondary N) is 1. The van der Waals surface area contributed by atoms with Gasteiger partial charge >= 0.3 is 5.97 Å². The first kappa shape index (κ1) is 12.1. The van der Waals surface area contributed by atoms with E-state index in [4.69, 9.17) is 5.11 Å². The maximum absolute atomic E-state index is 11.6. The molecular weight excluding hydrogens is 210 g/mol. The lowest BCUT2D eigenvalue weighted by molar-refractivity contribution is -0.135. The normalized spacial score (nSPS) is 10.2. The fourth-order valence-corrected chi connectivity index (χ4v) is 1.23. The maximum Gasteiger partial charge on any atom is 0.322 e. The summed E-state index contributed by atoms with van der Waals surface area (Å²) >= 11 is 0. The van der Waals surface area contributed by atoms with Gasteiger partial charge in [-0.3, -0.25) is 9.59 Å². The molecule has 0 saturated heterocycles. The number of carbonyl (C=O) groups is 2. The molecule has 1 heterocycles. The van der Waals surface area contributed by atoms with Crippen LogP contribution in [0.4, 0.5) is 0 Å². The van der Waals surface area contributed by atoms with Gasteiger partial charge in [0.25, 0.3) is 5.91 Å². The summed E-state index contributed by atoms with van der Waals surface area (Å²) in [6.45, 7) is 3.39. The van der Waals surface area contributed by atoms with Crippen LogP contribution < -0.4 is 5.32 Å². The van der Waals surface area contributed by atoms with Gasteiger partial charge in [0.1, 0.15) is 12.9 Å². The Morgan fingerprint density at radius 1 is 1.50 bits per heavy atom. The van der Waals surface area contributed by atoms with Gasteiger partial charge in [-0.05, 0) is 5.92 Å². The fraction of sp³-hybridized carbons (Fsp3) is 0.400. The first-order valence-electron chi connectivity index (χ1n) is 4.82. The van der Waals surface area contributed by atoms with Crippen molar-refractivity contribution in [2.45, 2.75) is 19.8 Å². The van der Waals surface area contributed by atoms with Crippen LogP contribution in [0.25, 0.3) is 0 Å². The van der Waals surface area contributed by atoms with Crippen molar-refractivity contribution in [3.63, 3.8) is 0 Å². The Hall–Kier alpha value is -1.98. The SMILES string of the molecule is CC(C)c1ncncc1C(=O)NCC(=O)O. The van der Waals surface area contributed by atoms with Crippen molar-refractivity contribution in [2.75, 3.05) is 6.54 Å². The molecule has 86 valence electrons. The first-order chi connectivity index (χ1) is 7.52. The summed E-state index contributed by atoms with van der Waals surface area (Å²) < 4.78 is 0. The van der Waals surface area contributed by atoms with Crippen molar-refractivity contribution in [2.24, 2.45) is 0 Å². The molecule has 0 aliphatic heterocycles. The van der Waals surface area contributed by atoms with Gasteiger partial charge < -0.3 is 10.4 Å². The standard InChI is InChI=1S/C10H13N3O3/c1-6(2)9-7(3-11-5-13-9)10(16)12-4-8(14)15/h3,5-6H,4H2,1-2H3,(H,12,16)(H,14,15). The Morgan fingerprint density at radius 2 is 2.19 bits per heavy atom. The van der Waals surface area contributed by atoms with Crippen molar-refractivity contribution < 1.29 is 14.7 Å². The second-order valence-electron chi connectivity index (χ2n) is 3.55. The number of carbonyl (C=O) groups excluding carboxylic acids is 1. The van der Waals surface area contributed by atoms with E-state index in [9.17, 15) is 9.59 Å². The number of aliphatic carboxylic acids is 1. The average molecular weight is 223 g/mol. The van der Waals surface area contributed by atoms with Crippen LogP contribution in [0, 0.1) is 0 Å². The largest absolute Gasteiger partial charge is 0.480 e. The Bertz CT molecular complexity index is 404. The van der Waals surface area contributed by atoms with Crippen molar-refractivity contribution in [3.05, 3.63) is 23.8 Å². The maximum atomic E-state index is 11.6. The molecule has 0 fully saturated rings. The van der Waals surface area contributed by atoms with Crippen LogP contribution in [0.5, 0.6) is 0 Å². The van der Waals surface area contributed by atoms with Crippen LogP contribution in [-0.4, -0.2) is 33.5 Å². The van der Waals surface area contributed by atoms with E-state index in [1.807, 2.05) is 13.8 Å². The quantitative estimate of drug-likeness (QED) is 0.771. The zero-order valence-corrected chi connectivity index (χ0v) is 9.10. The van der Waals surface area contributed by atoms with Gasteiger partial charge in [-0.1, -0.05) is 13.8 Å². The van der Waals surface area contributed by atoms with E-state index in [1.54, 1.807) is 0 Å². The molecule has 0 aliphatic rings. The molecule has 0 radical (unpaired) electrons. The average Bonchev–Trinajstić information content (AvgIpc) is 2.25. The highest BCUT2D eigenvalue weighted by molar-refractivity contribution is 5.96. The van der Waals surface area contributed by atoms with Gasteiger partial charge in [-0.25, -0.2) is 9.97 Å². The third kappa shape index (κ3) is 3.01. The zero-order chi connectivity index (χ0) is 12.1. The second kappa shape index (κ2) is 5.20. The minimum Gasteiger partial charge on any atom is -0.480 e. The van der Waals surface area contributed by atoms with E-state index in [-0.39, 0.29) is 5.92 Å². The van der Waals surface area contributed by atoms with Gasteiger partial charge in [-0.15, -0.1) is 0 Å². The molecule has 0 atom stereocenters. The summed E-state index contributed by atoms with van der Waals surface area (Å²) in [6, 6.07) is 0. The number of amides is 1. The molecule has 1 aromatic rings. The number of hydrogen-bond acceptors (Lipinski definition) is 4. The van der Waals surface area contributed by atoms with E-state index in [0.29, 0.717) is 11.3 Å². The van der Waals surface area contributed by atoms with Crippen LogP contribution in [0.15, 0.2) is 12.5 Å². The van der Waals surface area contributed by atoms with Crippen LogP contribution >= 0.6 is 0 Å². The molecule has 0 saturated carbocycles. The topological polar surface area (TPSA) is 92.2 Å². The highest BCUT2D eigenvalue weighted by atomic mass is 16.4. The minimum absolute atomic E-state index is 0.0774. The molecule has 16 heavy (non-hydrogen) atoms. The fourth-order valence-electron chi connectivity index (χ4n) is 1.23. The van der Waals surface area contributed by atoms with Gasteiger partial charge in [0.15, 0.2) is 0 Å². The van der Waals surface area contributed by atoms with Gasteiger partial charge in [0.05, 0.1) is 11.3 Å². The number of aromatic nitrogens is 2. The van der Waals surface area contributed by atoms with Crippen LogP contribution in [0.3, 0.4) is 0 Å². The third-order valence-corrected chi connectivity index (χ3v) is 1.93. The second-order valence-corrected chi connectivity index (χ2v) is 3.55. The summed E-state index contributed by atoms with van der Waals surface area (Å²) in [6.07, 6.45) is 2.75. The van der Waals surface area contributed by atoms with Crippen molar-refractivity contribution in [1.29, 1.82) is 0 Å². The van der Waals surface area contributed by atoms with Gasteiger partial charge in [0, 0.05) is 6.20 Å². The summed E-state index contributed by atoms with van der Waals surface area (Å²) in [5.41, 5.74) is 0.927. The number of rotatable bonds is 4. The van der Waals surface area contributed by atoms with Crippen LogP contribution in [-0.2, 0) is 4.79 Å². The minimum atomic E-state index is -1.09. The van der Waals surface area contributed by atoms with E-state index in [0.717, 1.165) is 0 Å². The van der Waals surface area contributed by atoms with Crippen molar-refractivity contribution in [1.82, 2.24) is 15.3 Å². The van der Waals surface area contributed by atoms with E-state index < -0.39 is 18.4 Å². The first-order valence-corrected chi connectivity index (χ1v) is 4.82. The molecule has 1 rings (SSSR count). The molecular formula is C10H13N3O3. The Balaban J connectivity index is 2.86. The lowest BCUT2D eigenvalue weighted by Crippen LogP contribution is -2.30. The van der Waals surface area contributed by atoms with E-state index >= 15 is 0 Å². The van der Waals surface area contributed by atoms with Gasteiger partial charge in [0.2, 0.25) is 0 Å². The Kier molecular flexibility index (Phi) is 3.93. The molecule has 1 amide bonds. The summed E-state index contributed by atoms with van der Waals surface area (Å²) in [7, 11) is 0. The predicted molar refractivity (Wildman–Crippen MR) is 56.1 cm³/mol.